The Hall–Kier alpha value is -4.89. The zero-order valence-corrected chi connectivity index (χ0v) is 22.8. The Morgan fingerprint density at radius 1 is 0.900 bits per heavy atom. The largest absolute Gasteiger partial charge is 0.493 e. The SMILES string of the molecule is CCCOc1ccc(-c2nn(-c3ccccc3)cc2/C=c2\sc3nc(=O)c(-c4ccccc4)nn3c2=O)cc1C. The number of rotatable bonds is 7. The Labute approximate surface area is 233 Å². The molecule has 198 valence electrons. The van der Waals surface area contributed by atoms with Gasteiger partial charge in [0.2, 0.25) is 4.96 Å². The van der Waals surface area contributed by atoms with Crippen molar-refractivity contribution in [1.82, 2.24) is 24.4 Å². The zero-order valence-electron chi connectivity index (χ0n) is 21.9. The lowest BCUT2D eigenvalue weighted by molar-refractivity contribution is 0.315. The number of thiazole rings is 1. The first-order valence-electron chi connectivity index (χ1n) is 12.9. The number of ether oxygens (including phenoxy) is 1. The Balaban J connectivity index is 1.51. The number of aryl methyl sites for hydroxylation is 1. The maximum Gasteiger partial charge on any atom is 0.300 e. The van der Waals surface area contributed by atoms with E-state index in [2.05, 4.69) is 17.0 Å². The first-order chi connectivity index (χ1) is 19.5. The number of hydrogen-bond acceptors (Lipinski definition) is 7. The first-order valence-corrected chi connectivity index (χ1v) is 13.7. The molecule has 0 spiro atoms. The summed E-state index contributed by atoms with van der Waals surface area (Å²) in [6, 6.07) is 24.8. The van der Waals surface area contributed by atoms with Gasteiger partial charge < -0.3 is 4.74 Å². The van der Waals surface area contributed by atoms with Gasteiger partial charge in [0.25, 0.3) is 5.56 Å². The Bertz CT molecular complexity index is 2000. The van der Waals surface area contributed by atoms with Gasteiger partial charge in [0.15, 0.2) is 5.69 Å². The van der Waals surface area contributed by atoms with Crippen LogP contribution in [0.3, 0.4) is 0 Å². The van der Waals surface area contributed by atoms with Crippen molar-refractivity contribution in [3.05, 3.63) is 121 Å². The molecular formula is C31H25N5O3S. The average Bonchev–Trinajstić information content (AvgIpc) is 3.53. The summed E-state index contributed by atoms with van der Waals surface area (Å²) in [5, 5.41) is 9.26. The van der Waals surface area contributed by atoms with Gasteiger partial charge in [0.05, 0.1) is 16.8 Å². The molecule has 3 aromatic heterocycles. The number of para-hydroxylation sites is 1. The normalized spacial score (nSPS) is 11.8. The maximum atomic E-state index is 13.4. The third-order valence-corrected chi connectivity index (χ3v) is 7.35. The molecule has 0 saturated heterocycles. The van der Waals surface area contributed by atoms with Gasteiger partial charge in [-0.1, -0.05) is 66.8 Å². The fraction of sp³-hybridized carbons (Fsp3) is 0.129. The van der Waals surface area contributed by atoms with E-state index in [9.17, 15) is 9.59 Å². The summed E-state index contributed by atoms with van der Waals surface area (Å²) in [6.07, 6.45) is 4.61. The highest BCUT2D eigenvalue weighted by molar-refractivity contribution is 7.15. The zero-order chi connectivity index (χ0) is 27.6. The Morgan fingerprint density at radius 3 is 2.38 bits per heavy atom. The van der Waals surface area contributed by atoms with Crippen molar-refractivity contribution < 1.29 is 4.74 Å². The van der Waals surface area contributed by atoms with Gasteiger partial charge in [-0.3, -0.25) is 9.59 Å². The van der Waals surface area contributed by atoms with Crippen LogP contribution in [0.5, 0.6) is 5.75 Å². The number of aromatic nitrogens is 5. The standard InChI is InChI=1S/C31H25N5O3S/c1-3-16-39-25-15-14-22(17-20(25)2)27-23(19-35(33-27)24-12-8-5-9-13-24)18-26-30(38)36-31(40-26)32-29(37)28(34-36)21-10-6-4-7-11-21/h4-15,17-19H,3,16H2,1-2H3/b26-18-. The van der Waals surface area contributed by atoms with Crippen molar-refractivity contribution in [2.75, 3.05) is 6.61 Å². The van der Waals surface area contributed by atoms with E-state index in [4.69, 9.17) is 9.84 Å². The van der Waals surface area contributed by atoms with Crippen molar-refractivity contribution in [3.63, 3.8) is 0 Å². The van der Waals surface area contributed by atoms with E-state index in [1.54, 1.807) is 22.9 Å². The molecule has 0 bridgehead atoms. The number of hydrogen-bond donors (Lipinski definition) is 0. The molecule has 3 heterocycles. The Kier molecular flexibility index (Phi) is 6.79. The van der Waals surface area contributed by atoms with E-state index in [0.29, 0.717) is 22.4 Å². The molecule has 6 rings (SSSR count). The minimum absolute atomic E-state index is 0.137. The quantitative estimate of drug-likeness (QED) is 0.288. The van der Waals surface area contributed by atoms with Gasteiger partial charge >= 0.3 is 5.56 Å². The van der Waals surface area contributed by atoms with Crippen LogP contribution in [-0.4, -0.2) is 31.0 Å². The van der Waals surface area contributed by atoms with Gasteiger partial charge in [-0.25, -0.2) is 4.68 Å². The Morgan fingerprint density at radius 2 is 1.65 bits per heavy atom. The highest BCUT2D eigenvalue weighted by Crippen LogP contribution is 2.29. The van der Waals surface area contributed by atoms with E-state index < -0.39 is 5.56 Å². The molecular weight excluding hydrogens is 522 g/mol. The van der Waals surface area contributed by atoms with Crippen LogP contribution in [0.25, 0.3) is 39.2 Å². The van der Waals surface area contributed by atoms with Gasteiger partial charge in [-0.05, 0) is 55.3 Å². The fourth-order valence-corrected chi connectivity index (χ4v) is 5.32. The molecule has 0 N–H and O–H groups in total. The van der Waals surface area contributed by atoms with Gasteiger partial charge in [-0.2, -0.15) is 19.7 Å². The summed E-state index contributed by atoms with van der Waals surface area (Å²) < 4.78 is 9.26. The van der Waals surface area contributed by atoms with Gasteiger partial charge in [0.1, 0.15) is 11.4 Å². The molecule has 3 aromatic carbocycles. The second kappa shape index (κ2) is 10.7. The van der Waals surface area contributed by atoms with Crippen LogP contribution in [0.4, 0.5) is 0 Å². The molecule has 0 radical (unpaired) electrons. The third-order valence-electron chi connectivity index (χ3n) is 6.39. The lowest BCUT2D eigenvalue weighted by Gasteiger charge is -2.09. The summed E-state index contributed by atoms with van der Waals surface area (Å²) in [5.74, 6) is 0.834. The van der Waals surface area contributed by atoms with E-state index in [0.717, 1.165) is 45.9 Å². The molecule has 0 unspecified atom stereocenters. The van der Waals surface area contributed by atoms with Crippen molar-refractivity contribution in [2.24, 2.45) is 0 Å². The van der Waals surface area contributed by atoms with E-state index in [1.165, 1.54) is 4.52 Å². The lowest BCUT2D eigenvalue weighted by Crippen LogP contribution is -2.26. The summed E-state index contributed by atoms with van der Waals surface area (Å²) >= 11 is 1.12. The molecule has 0 fully saturated rings. The van der Waals surface area contributed by atoms with Crippen LogP contribution in [0.1, 0.15) is 24.5 Å². The van der Waals surface area contributed by atoms with Crippen molar-refractivity contribution >= 4 is 22.4 Å². The van der Waals surface area contributed by atoms with Crippen molar-refractivity contribution in [2.45, 2.75) is 20.3 Å². The van der Waals surface area contributed by atoms with Crippen LogP contribution in [0.2, 0.25) is 0 Å². The van der Waals surface area contributed by atoms with E-state index >= 15 is 0 Å². The summed E-state index contributed by atoms with van der Waals surface area (Å²) in [6.45, 7) is 4.73. The average molecular weight is 548 g/mol. The molecule has 6 aromatic rings. The molecule has 0 aliphatic carbocycles. The second-order valence-corrected chi connectivity index (χ2v) is 10.3. The second-order valence-electron chi connectivity index (χ2n) is 9.28. The maximum absolute atomic E-state index is 13.4. The fourth-order valence-electron chi connectivity index (χ4n) is 4.43. The van der Waals surface area contributed by atoms with Crippen LogP contribution in [0, 0.1) is 6.92 Å². The number of nitrogens with zero attached hydrogens (tertiary/aromatic N) is 5. The third kappa shape index (κ3) is 4.83. The topological polar surface area (TPSA) is 91.4 Å². The predicted molar refractivity (Wildman–Crippen MR) is 157 cm³/mol. The van der Waals surface area contributed by atoms with Crippen LogP contribution in [-0.2, 0) is 0 Å². The minimum Gasteiger partial charge on any atom is -0.493 e. The van der Waals surface area contributed by atoms with Crippen molar-refractivity contribution in [1.29, 1.82) is 0 Å². The molecule has 8 nitrogen and oxygen atoms in total. The smallest absolute Gasteiger partial charge is 0.300 e. The molecule has 9 heteroatoms. The highest BCUT2D eigenvalue weighted by atomic mass is 32.1. The molecule has 0 aliphatic heterocycles. The monoisotopic (exact) mass is 547 g/mol. The number of benzene rings is 3. The lowest BCUT2D eigenvalue weighted by atomic mass is 10.0. The van der Waals surface area contributed by atoms with E-state index in [-0.39, 0.29) is 16.2 Å². The summed E-state index contributed by atoms with van der Waals surface area (Å²) in [7, 11) is 0. The number of fused-ring (bicyclic) bond motifs is 1. The van der Waals surface area contributed by atoms with E-state index in [1.807, 2.05) is 79.9 Å². The summed E-state index contributed by atoms with van der Waals surface area (Å²) in [4.78, 5) is 30.6. The summed E-state index contributed by atoms with van der Waals surface area (Å²) in [5.41, 5.74) is 4.18. The molecule has 0 saturated carbocycles. The van der Waals surface area contributed by atoms with Crippen molar-refractivity contribution in [3.8, 4) is 34.0 Å². The molecule has 40 heavy (non-hydrogen) atoms. The van der Waals surface area contributed by atoms with Crippen LogP contribution >= 0.6 is 11.3 Å². The minimum atomic E-state index is -0.475. The highest BCUT2D eigenvalue weighted by Gasteiger charge is 2.16. The van der Waals surface area contributed by atoms with Gasteiger partial charge in [-0.15, -0.1) is 0 Å². The molecule has 0 amide bonds. The first kappa shape index (κ1) is 25.4. The molecule has 0 aliphatic rings. The van der Waals surface area contributed by atoms with Crippen LogP contribution in [0.15, 0.2) is 94.6 Å². The van der Waals surface area contributed by atoms with Gasteiger partial charge in [0, 0.05) is 22.9 Å². The predicted octanol–water partition coefficient (Wildman–Crippen LogP) is 4.68. The van der Waals surface area contributed by atoms with Crippen LogP contribution < -0.4 is 20.4 Å². The molecule has 0 atom stereocenters.